The molecule has 0 aliphatic rings. The van der Waals surface area contributed by atoms with Gasteiger partial charge in [-0.1, -0.05) is 23.8 Å². The van der Waals surface area contributed by atoms with E-state index in [-0.39, 0.29) is 0 Å². The molecule has 0 aliphatic heterocycles. The summed E-state index contributed by atoms with van der Waals surface area (Å²) in [7, 11) is 0. The van der Waals surface area contributed by atoms with Crippen molar-refractivity contribution in [3.63, 3.8) is 0 Å². The Balaban J connectivity index is 2.79. The van der Waals surface area contributed by atoms with Crippen molar-refractivity contribution in [2.45, 2.75) is 0 Å². The molecular formula is C5H4ClN3S2. The molecule has 1 rings (SSSR count). The third-order valence-electron chi connectivity index (χ3n) is 0.869. The van der Waals surface area contributed by atoms with E-state index >= 15 is 0 Å². The van der Waals surface area contributed by atoms with Gasteiger partial charge in [0.05, 0.1) is 0 Å². The van der Waals surface area contributed by atoms with Gasteiger partial charge in [0.25, 0.3) is 0 Å². The first-order valence-corrected chi connectivity index (χ1v) is 3.89. The summed E-state index contributed by atoms with van der Waals surface area (Å²) in [6.45, 7) is 0. The minimum Gasteiger partial charge on any atom is -0.326 e. The Morgan fingerprint density at radius 2 is 2.36 bits per heavy atom. The zero-order chi connectivity index (χ0) is 8.27. The number of thiol groups is 1. The number of anilines is 1. The SMILES string of the molecule is S=C(S)Nc1cc(Cl)ncn1. The van der Waals surface area contributed by atoms with Crippen molar-refractivity contribution in [2.75, 3.05) is 5.32 Å². The van der Waals surface area contributed by atoms with Crippen LogP contribution in [0.3, 0.4) is 0 Å². The van der Waals surface area contributed by atoms with Gasteiger partial charge in [0, 0.05) is 6.07 Å². The maximum Gasteiger partial charge on any atom is 0.136 e. The van der Waals surface area contributed by atoms with Gasteiger partial charge in [-0.15, -0.1) is 12.6 Å². The Morgan fingerprint density at radius 1 is 1.64 bits per heavy atom. The molecule has 0 aromatic carbocycles. The van der Waals surface area contributed by atoms with Crippen LogP contribution in [0.4, 0.5) is 5.82 Å². The van der Waals surface area contributed by atoms with E-state index in [0.29, 0.717) is 15.3 Å². The van der Waals surface area contributed by atoms with Crippen molar-refractivity contribution in [1.29, 1.82) is 0 Å². The largest absolute Gasteiger partial charge is 0.326 e. The van der Waals surface area contributed by atoms with Crippen LogP contribution in [0.2, 0.25) is 5.15 Å². The van der Waals surface area contributed by atoms with E-state index in [0.717, 1.165) is 0 Å². The first-order chi connectivity index (χ1) is 5.18. The number of thiocarbonyl (C=S) groups is 1. The van der Waals surface area contributed by atoms with E-state index in [9.17, 15) is 0 Å². The maximum absolute atomic E-state index is 5.57. The molecule has 1 aromatic rings. The van der Waals surface area contributed by atoms with E-state index < -0.39 is 0 Å². The summed E-state index contributed by atoms with van der Waals surface area (Å²) >= 11 is 14.1. The summed E-state index contributed by atoms with van der Waals surface area (Å²) in [6.07, 6.45) is 1.34. The fourth-order valence-electron chi connectivity index (χ4n) is 0.511. The van der Waals surface area contributed by atoms with Crippen LogP contribution >= 0.6 is 36.4 Å². The van der Waals surface area contributed by atoms with Crippen molar-refractivity contribution in [2.24, 2.45) is 0 Å². The third kappa shape index (κ3) is 3.00. The molecule has 0 aliphatic carbocycles. The topological polar surface area (TPSA) is 37.8 Å². The second-order valence-corrected chi connectivity index (χ2v) is 3.20. The number of hydrogen-bond donors (Lipinski definition) is 2. The molecule has 1 N–H and O–H groups in total. The predicted molar refractivity (Wildman–Crippen MR) is 52.2 cm³/mol. The Kier molecular flexibility index (Phi) is 3.04. The molecule has 0 saturated carbocycles. The molecule has 0 atom stereocenters. The lowest BCUT2D eigenvalue weighted by Gasteiger charge is -1.99. The fraction of sp³-hybridized carbons (Fsp3) is 0. The minimum atomic E-state index is 0.347. The molecule has 0 bridgehead atoms. The molecule has 0 amide bonds. The Labute approximate surface area is 79.6 Å². The summed E-state index contributed by atoms with van der Waals surface area (Å²) in [5, 5.41) is 3.07. The van der Waals surface area contributed by atoms with Gasteiger partial charge in [0.1, 0.15) is 21.6 Å². The molecule has 1 aromatic heterocycles. The summed E-state index contributed by atoms with van der Waals surface area (Å²) in [5.41, 5.74) is 0. The summed E-state index contributed by atoms with van der Waals surface area (Å²) < 4.78 is 0.347. The van der Waals surface area contributed by atoms with Crippen LogP contribution in [-0.4, -0.2) is 14.3 Å². The molecule has 11 heavy (non-hydrogen) atoms. The van der Waals surface area contributed by atoms with Crippen LogP contribution in [-0.2, 0) is 0 Å². The van der Waals surface area contributed by atoms with E-state index in [2.05, 4.69) is 40.1 Å². The molecule has 0 radical (unpaired) electrons. The highest BCUT2D eigenvalue weighted by molar-refractivity contribution is 8.11. The zero-order valence-electron chi connectivity index (χ0n) is 5.28. The van der Waals surface area contributed by atoms with Crippen molar-refractivity contribution in [1.82, 2.24) is 9.97 Å². The fourth-order valence-corrected chi connectivity index (χ4v) is 0.878. The normalized spacial score (nSPS) is 9.27. The van der Waals surface area contributed by atoms with E-state index in [1.54, 1.807) is 6.07 Å². The highest BCUT2D eigenvalue weighted by atomic mass is 35.5. The van der Waals surface area contributed by atoms with Crippen LogP contribution in [0.1, 0.15) is 0 Å². The molecule has 0 spiro atoms. The molecule has 6 heteroatoms. The highest BCUT2D eigenvalue weighted by Gasteiger charge is 1.95. The standard InChI is InChI=1S/C5H4ClN3S2/c6-3-1-4(8-2-7-3)9-5(10)11/h1-2H,(H2,7,8,9,10,11). The molecule has 58 valence electrons. The Morgan fingerprint density at radius 3 is 2.91 bits per heavy atom. The van der Waals surface area contributed by atoms with E-state index in [1.165, 1.54) is 6.33 Å². The van der Waals surface area contributed by atoms with Crippen LogP contribution < -0.4 is 5.32 Å². The maximum atomic E-state index is 5.57. The highest BCUT2D eigenvalue weighted by Crippen LogP contribution is 2.08. The molecule has 3 nitrogen and oxygen atoms in total. The number of nitrogens with zero attached hydrogens (tertiary/aromatic N) is 2. The molecule has 0 saturated heterocycles. The van der Waals surface area contributed by atoms with Crippen LogP contribution in [0, 0.1) is 0 Å². The van der Waals surface area contributed by atoms with Gasteiger partial charge in [-0.3, -0.25) is 0 Å². The Hall–Kier alpha value is -0.390. The molecular weight excluding hydrogens is 202 g/mol. The van der Waals surface area contributed by atoms with Crippen molar-refractivity contribution in [3.8, 4) is 0 Å². The Bertz CT molecular complexity index is 278. The van der Waals surface area contributed by atoms with Gasteiger partial charge in [0.15, 0.2) is 0 Å². The van der Waals surface area contributed by atoms with Crippen LogP contribution in [0.15, 0.2) is 12.4 Å². The van der Waals surface area contributed by atoms with Gasteiger partial charge in [-0.05, 0) is 0 Å². The van der Waals surface area contributed by atoms with Gasteiger partial charge in [0.2, 0.25) is 0 Å². The quantitative estimate of drug-likeness (QED) is 0.416. The van der Waals surface area contributed by atoms with Gasteiger partial charge in [-0.2, -0.15) is 0 Å². The van der Waals surface area contributed by atoms with E-state index in [4.69, 9.17) is 11.6 Å². The number of aromatic nitrogens is 2. The molecule has 0 fully saturated rings. The van der Waals surface area contributed by atoms with E-state index in [1.807, 2.05) is 0 Å². The second kappa shape index (κ2) is 3.85. The second-order valence-electron chi connectivity index (χ2n) is 1.66. The van der Waals surface area contributed by atoms with Gasteiger partial charge >= 0.3 is 0 Å². The number of hydrogen-bond acceptors (Lipinski definition) is 3. The molecule has 1 heterocycles. The van der Waals surface area contributed by atoms with Crippen molar-refractivity contribution in [3.05, 3.63) is 17.5 Å². The summed E-state index contributed by atoms with van der Waals surface area (Å²) in [5.74, 6) is 0.546. The van der Waals surface area contributed by atoms with Crippen molar-refractivity contribution < 1.29 is 0 Å². The average molecular weight is 206 g/mol. The first kappa shape index (κ1) is 8.70. The molecule has 0 unspecified atom stereocenters. The predicted octanol–water partition coefficient (Wildman–Crippen LogP) is 1.76. The summed E-state index contributed by atoms with van der Waals surface area (Å²) in [6, 6.07) is 1.56. The third-order valence-corrected chi connectivity index (χ3v) is 1.29. The monoisotopic (exact) mass is 205 g/mol. The first-order valence-electron chi connectivity index (χ1n) is 2.66. The number of nitrogens with one attached hydrogen (secondary N) is 1. The van der Waals surface area contributed by atoms with Crippen LogP contribution in [0.25, 0.3) is 0 Å². The van der Waals surface area contributed by atoms with Gasteiger partial charge in [-0.25, -0.2) is 9.97 Å². The lowest BCUT2D eigenvalue weighted by atomic mass is 10.6. The van der Waals surface area contributed by atoms with Crippen LogP contribution in [0.5, 0.6) is 0 Å². The van der Waals surface area contributed by atoms with Crippen molar-refractivity contribution >= 4 is 46.6 Å². The lowest BCUT2D eigenvalue weighted by molar-refractivity contribution is 1.17. The summed E-state index contributed by atoms with van der Waals surface area (Å²) in [4.78, 5) is 7.53. The zero-order valence-corrected chi connectivity index (χ0v) is 7.75. The number of rotatable bonds is 1. The smallest absolute Gasteiger partial charge is 0.136 e. The minimum absolute atomic E-state index is 0.347. The lowest BCUT2D eigenvalue weighted by Crippen LogP contribution is -2.02. The number of halogens is 1. The average Bonchev–Trinajstić information content (AvgIpc) is 1.85. The van der Waals surface area contributed by atoms with Gasteiger partial charge < -0.3 is 5.32 Å².